The highest BCUT2D eigenvalue weighted by atomic mass is 16.5. The van der Waals surface area contributed by atoms with E-state index in [9.17, 15) is 9.59 Å². The predicted octanol–water partition coefficient (Wildman–Crippen LogP) is 2.13. The van der Waals surface area contributed by atoms with Gasteiger partial charge in [0, 0.05) is 55.1 Å². The molecule has 3 heterocycles. The van der Waals surface area contributed by atoms with E-state index < -0.39 is 12.2 Å². The van der Waals surface area contributed by atoms with Crippen molar-refractivity contribution in [1.29, 1.82) is 0 Å². The van der Waals surface area contributed by atoms with Gasteiger partial charge in [0.25, 0.3) is 5.91 Å². The summed E-state index contributed by atoms with van der Waals surface area (Å²) in [5.74, 6) is 0.0652. The molecule has 2 fully saturated rings. The molecule has 0 bridgehead atoms. The van der Waals surface area contributed by atoms with Crippen LogP contribution in [0.5, 0.6) is 0 Å². The summed E-state index contributed by atoms with van der Waals surface area (Å²) in [7, 11) is 1.36. The Bertz CT molecular complexity index is 965. The van der Waals surface area contributed by atoms with E-state index in [-0.39, 0.29) is 18.0 Å². The van der Waals surface area contributed by atoms with Gasteiger partial charge in [-0.15, -0.1) is 0 Å². The summed E-state index contributed by atoms with van der Waals surface area (Å²) in [4.78, 5) is 31.5. The number of aromatic nitrogens is 2. The van der Waals surface area contributed by atoms with E-state index in [0.29, 0.717) is 26.2 Å². The maximum absolute atomic E-state index is 13.4. The van der Waals surface area contributed by atoms with Crippen molar-refractivity contribution in [3.63, 3.8) is 0 Å². The third-order valence-corrected chi connectivity index (χ3v) is 6.19. The van der Waals surface area contributed by atoms with Gasteiger partial charge in [0.1, 0.15) is 11.8 Å². The number of nitrogens with one attached hydrogen (secondary N) is 2. The molecule has 2 aromatic rings. The van der Waals surface area contributed by atoms with Gasteiger partial charge in [-0.1, -0.05) is 0 Å². The number of alkyl carbamates (subject to hydrolysis) is 1. The molecule has 0 aromatic carbocycles. The number of rotatable bonds is 8. The monoisotopic (exact) mass is 443 g/mol. The third-order valence-electron chi connectivity index (χ3n) is 6.19. The molecule has 0 unspecified atom stereocenters. The molecular weight excluding hydrogens is 410 g/mol. The molecule has 1 saturated heterocycles. The van der Waals surface area contributed by atoms with Crippen LogP contribution in [0.2, 0.25) is 0 Å². The molecule has 2 aliphatic rings. The highest BCUT2D eigenvalue weighted by molar-refractivity contribution is 5.85. The molecule has 174 valence electrons. The number of hydrogen-bond acceptors (Lipinski definition) is 6. The third kappa shape index (κ3) is 4.88. The molecule has 0 spiro atoms. The first-order valence-corrected chi connectivity index (χ1v) is 11.4. The van der Waals surface area contributed by atoms with Gasteiger partial charge in [0.2, 0.25) is 0 Å². The van der Waals surface area contributed by atoms with E-state index >= 15 is 0 Å². The van der Waals surface area contributed by atoms with E-state index in [1.54, 1.807) is 0 Å². The summed E-state index contributed by atoms with van der Waals surface area (Å²) in [6.45, 7) is 7.21. The number of nitrogens with zero attached hydrogens (tertiary/aromatic N) is 3. The van der Waals surface area contributed by atoms with Gasteiger partial charge >= 0.3 is 6.09 Å². The zero-order valence-corrected chi connectivity index (χ0v) is 19.1. The fourth-order valence-corrected chi connectivity index (χ4v) is 4.38. The Morgan fingerprint density at radius 2 is 2.22 bits per heavy atom. The fraction of sp³-hybridized carbons (Fsp3) is 0.609. The van der Waals surface area contributed by atoms with Gasteiger partial charge in [0.05, 0.1) is 19.8 Å². The molecule has 2 N–H and O–H groups in total. The summed E-state index contributed by atoms with van der Waals surface area (Å²) < 4.78 is 12.5. The van der Waals surface area contributed by atoms with Crippen LogP contribution in [0.15, 0.2) is 18.3 Å². The number of hydrogen-bond donors (Lipinski definition) is 2. The summed E-state index contributed by atoms with van der Waals surface area (Å²) in [6, 6.07) is 4.30. The summed E-state index contributed by atoms with van der Waals surface area (Å²) in [5.41, 5.74) is 2.95. The molecule has 2 amide bonds. The van der Waals surface area contributed by atoms with E-state index in [2.05, 4.69) is 39.1 Å². The Balaban J connectivity index is 1.57. The van der Waals surface area contributed by atoms with Crippen molar-refractivity contribution >= 4 is 23.0 Å². The Labute approximate surface area is 188 Å². The minimum Gasteiger partial charge on any atom is -0.453 e. The van der Waals surface area contributed by atoms with E-state index in [1.165, 1.54) is 7.11 Å². The zero-order chi connectivity index (χ0) is 22.7. The smallest absolute Gasteiger partial charge is 0.406 e. The minimum absolute atomic E-state index is 0.0652. The van der Waals surface area contributed by atoms with Crippen molar-refractivity contribution < 1.29 is 19.1 Å². The minimum atomic E-state index is -0.427. The van der Waals surface area contributed by atoms with Crippen LogP contribution in [0.4, 0.5) is 4.79 Å². The van der Waals surface area contributed by atoms with Crippen molar-refractivity contribution in [2.45, 2.75) is 57.8 Å². The molecule has 9 nitrogen and oxygen atoms in total. The maximum Gasteiger partial charge on any atom is 0.406 e. The van der Waals surface area contributed by atoms with Crippen LogP contribution in [0, 0.1) is 6.92 Å². The predicted molar refractivity (Wildman–Crippen MR) is 120 cm³/mol. The number of amides is 2. The SMILES string of the molecule is COC(=O)NCCCn1cc([C@H](C)N(C(=O)[C@H]2CNCCO2)C2CC2)c2ccc(C)nc21. The largest absolute Gasteiger partial charge is 0.453 e. The summed E-state index contributed by atoms with van der Waals surface area (Å²) >= 11 is 0. The van der Waals surface area contributed by atoms with Crippen LogP contribution < -0.4 is 10.6 Å². The molecule has 9 heteroatoms. The Kier molecular flexibility index (Phi) is 6.95. The Morgan fingerprint density at radius 3 is 2.91 bits per heavy atom. The number of ether oxygens (including phenoxy) is 2. The average molecular weight is 444 g/mol. The number of aryl methyl sites for hydroxylation is 2. The van der Waals surface area contributed by atoms with E-state index in [1.807, 2.05) is 17.9 Å². The van der Waals surface area contributed by atoms with Crippen molar-refractivity contribution in [3.05, 3.63) is 29.6 Å². The van der Waals surface area contributed by atoms with Gasteiger partial charge in [-0.3, -0.25) is 4.79 Å². The first-order valence-electron chi connectivity index (χ1n) is 11.4. The molecule has 32 heavy (non-hydrogen) atoms. The lowest BCUT2D eigenvalue weighted by atomic mass is 10.1. The van der Waals surface area contributed by atoms with Gasteiger partial charge in [-0.2, -0.15) is 0 Å². The highest BCUT2D eigenvalue weighted by Crippen LogP contribution is 2.38. The standard InChI is InChI=1S/C23H33N5O4/c1-15-5-8-18-19(14-27(21(18)26-15)11-4-9-25-23(30)31-3)16(2)28(17-6-7-17)22(29)20-13-24-10-12-32-20/h5,8,14,16-17,20,24H,4,6-7,9-13H2,1-3H3,(H,25,30)/t16-,20+/m0/s1. The van der Waals surface area contributed by atoms with Gasteiger partial charge in [-0.25, -0.2) is 9.78 Å². The van der Waals surface area contributed by atoms with Crippen LogP contribution in [-0.4, -0.2) is 71.9 Å². The second kappa shape index (κ2) is 9.87. The second-order valence-electron chi connectivity index (χ2n) is 8.59. The van der Waals surface area contributed by atoms with Crippen LogP contribution in [-0.2, 0) is 20.8 Å². The zero-order valence-electron chi connectivity index (χ0n) is 19.1. The Hall–Kier alpha value is -2.65. The number of fused-ring (bicyclic) bond motifs is 1. The van der Waals surface area contributed by atoms with Crippen molar-refractivity contribution in [3.8, 4) is 0 Å². The normalized spacial score (nSPS) is 19.5. The molecule has 1 aliphatic carbocycles. The summed E-state index contributed by atoms with van der Waals surface area (Å²) in [6.07, 6.45) is 4.07. The van der Waals surface area contributed by atoms with Crippen molar-refractivity contribution in [2.24, 2.45) is 0 Å². The number of carbonyl (C=O) groups is 2. The lowest BCUT2D eigenvalue weighted by Crippen LogP contribution is -2.50. The number of carbonyl (C=O) groups excluding carboxylic acids is 2. The average Bonchev–Trinajstić information content (AvgIpc) is 3.58. The quantitative estimate of drug-likeness (QED) is 0.607. The topological polar surface area (TPSA) is 97.7 Å². The summed E-state index contributed by atoms with van der Waals surface area (Å²) in [5, 5.41) is 7.04. The van der Waals surface area contributed by atoms with Crippen molar-refractivity contribution in [1.82, 2.24) is 25.1 Å². The van der Waals surface area contributed by atoms with E-state index in [0.717, 1.165) is 48.1 Å². The van der Waals surface area contributed by atoms with Crippen LogP contribution in [0.25, 0.3) is 11.0 Å². The molecule has 1 aliphatic heterocycles. The van der Waals surface area contributed by atoms with Crippen LogP contribution >= 0.6 is 0 Å². The van der Waals surface area contributed by atoms with Gasteiger partial charge in [-0.05, 0) is 45.2 Å². The number of pyridine rings is 1. The lowest BCUT2D eigenvalue weighted by Gasteiger charge is -2.34. The van der Waals surface area contributed by atoms with Crippen LogP contribution in [0.1, 0.15) is 43.5 Å². The first-order chi connectivity index (χ1) is 15.5. The number of methoxy groups -OCH3 is 1. The fourth-order valence-electron chi connectivity index (χ4n) is 4.38. The van der Waals surface area contributed by atoms with Crippen molar-refractivity contribution in [2.75, 3.05) is 33.4 Å². The first kappa shape index (κ1) is 22.5. The molecule has 2 atom stereocenters. The molecular formula is C23H33N5O4. The second-order valence-corrected chi connectivity index (χ2v) is 8.59. The van der Waals surface area contributed by atoms with Crippen LogP contribution in [0.3, 0.4) is 0 Å². The lowest BCUT2D eigenvalue weighted by molar-refractivity contribution is -0.148. The molecule has 1 saturated carbocycles. The molecule has 4 rings (SSSR count). The molecule has 0 radical (unpaired) electrons. The number of morpholine rings is 1. The van der Waals surface area contributed by atoms with E-state index in [4.69, 9.17) is 9.72 Å². The molecule has 2 aromatic heterocycles. The Morgan fingerprint density at radius 1 is 1.41 bits per heavy atom. The maximum atomic E-state index is 13.4. The van der Waals surface area contributed by atoms with Gasteiger partial charge < -0.3 is 29.6 Å². The highest BCUT2D eigenvalue weighted by Gasteiger charge is 2.40. The van der Waals surface area contributed by atoms with Gasteiger partial charge in [0.15, 0.2) is 0 Å².